The van der Waals surface area contributed by atoms with Crippen molar-refractivity contribution >= 4 is 16.1 Å². The van der Waals surface area contributed by atoms with Crippen molar-refractivity contribution in [3.05, 3.63) is 70.1 Å². The van der Waals surface area contributed by atoms with Gasteiger partial charge in [0.1, 0.15) is 5.75 Å². The van der Waals surface area contributed by atoms with E-state index in [2.05, 4.69) is 4.72 Å². The minimum absolute atomic E-state index is 0.371. The average molecular weight is 343 g/mol. The lowest BCUT2D eigenvalue weighted by atomic mass is 9.98. The lowest BCUT2D eigenvalue weighted by Crippen LogP contribution is -2.29. The van der Waals surface area contributed by atoms with E-state index in [0.29, 0.717) is 17.1 Å². The quantitative estimate of drug-likeness (QED) is 0.901. The molecule has 24 heavy (non-hydrogen) atoms. The van der Waals surface area contributed by atoms with E-state index in [-0.39, 0.29) is 6.04 Å². The van der Waals surface area contributed by atoms with Crippen LogP contribution in [0.4, 0.5) is 0 Å². The standard InChI is InChI=1S/C19H21NO3S/c1-14(18-9-5-6-10-19(18)23-2)20-24(21,22)17-12-11-15-7-3-4-8-16(15)13-17/h3-10,13-14,20H,11-12H2,1-2H3. The number of allylic oxidation sites excluding steroid dienone is 1. The second kappa shape index (κ2) is 6.79. The van der Waals surface area contributed by atoms with Crippen LogP contribution in [0.2, 0.25) is 0 Å². The van der Waals surface area contributed by atoms with Gasteiger partial charge in [0.15, 0.2) is 0 Å². The van der Waals surface area contributed by atoms with Crippen LogP contribution in [0.5, 0.6) is 5.75 Å². The fraction of sp³-hybridized carbons (Fsp3) is 0.263. The molecule has 1 aliphatic carbocycles. The first-order chi connectivity index (χ1) is 11.5. The Morgan fingerprint density at radius 1 is 1.04 bits per heavy atom. The number of hydrogen-bond acceptors (Lipinski definition) is 3. The monoisotopic (exact) mass is 343 g/mol. The van der Waals surface area contributed by atoms with Gasteiger partial charge in [0.2, 0.25) is 10.0 Å². The van der Waals surface area contributed by atoms with Crippen LogP contribution >= 0.6 is 0 Å². The normalized spacial score (nSPS) is 15.3. The van der Waals surface area contributed by atoms with E-state index in [1.165, 1.54) is 5.56 Å². The number of fused-ring (bicyclic) bond motifs is 1. The van der Waals surface area contributed by atoms with Gasteiger partial charge in [-0.15, -0.1) is 0 Å². The zero-order valence-electron chi connectivity index (χ0n) is 13.8. The van der Waals surface area contributed by atoms with Gasteiger partial charge in [-0.1, -0.05) is 42.5 Å². The number of nitrogens with one attached hydrogen (secondary N) is 1. The number of ether oxygens (including phenoxy) is 1. The van der Waals surface area contributed by atoms with E-state index >= 15 is 0 Å². The molecule has 0 aromatic heterocycles. The summed E-state index contributed by atoms with van der Waals surface area (Å²) in [7, 11) is -1.96. The Morgan fingerprint density at radius 2 is 1.75 bits per heavy atom. The molecule has 5 heteroatoms. The predicted molar refractivity (Wildman–Crippen MR) is 96.2 cm³/mol. The second-order valence-electron chi connectivity index (χ2n) is 5.89. The molecule has 0 aliphatic heterocycles. The fourth-order valence-corrected chi connectivity index (χ4v) is 4.41. The minimum atomic E-state index is -3.54. The molecule has 1 aliphatic rings. The van der Waals surface area contributed by atoms with Crippen molar-refractivity contribution in [1.82, 2.24) is 4.72 Å². The second-order valence-corrected chi connectivity index (χ2v) is 7.66. The summed E-state index contributed by atoms with van der Waals surface area (Å²) in [5.74, 6) is 0.677. The van der Waals surface area contributed by atoms with E-state index in [9.17, 15) is 8.42 Å². The van der Waals surface area contributed by atoms with Gasteiger partial charge in [0, 0.05) is 11.6 Å². The molecular weight excluding hydrogens is 322 g/mol. The van der Waals surface area contributed by atoms with Gasteiger partial charge in [-0.25, -0.2) is 13.1 Å². The van der Waals surface area contributed by atoms with Crippen LogP contribution in [0.25, 0.3) is 6.08 Å². The summed E-state index contributed by atoms with van der Waals surface area (Å²) >= 11 is 0. The molecule has 1 N–H and O–H groups in total. The van der Waals surface area contributed by atoms with Crippen molar-refractivity contribution < 1.29 is 13.2 Å². The third-order valence-electron chi connectivity index (χ3n) is 4.29. The highest BCUT2D eigenvalue weighted by atomic mass is 32.2. The third kappa shape index (κ3) is 3.37. The van der Waals surface area contributed by atoms with E-state index in [1.807, 2.05) is 55.5 Å². The Kier molecular flexibility index (Phi) is 4.73. The van der Waals surface area contributed by atoms with Crippen molar-refractivity contribution in [3.8, 4) is 5.75 Å². The molecule has 1 atom stereocenters. The molecule has 0 spiro atoms. The Morgan fingerprint density at radius 3 is 2.54 bits per heavy atom. The number of sulfonamides is 1. The fourth-order valence-electron chi connectivity index (χ4n) is 3.01. The minimum Gasteiger partial charge on any atom is -0.496 e. The lowest BCUT2D eigenvalue weighted by molar-refractivity contribution is 0.405. The summed E-state index contributed by atoms with van der Waals surface area (Å²) in [5, 5.41) is 0. The zero-order chi connectivity index (χ0) is 17.2. The number of methoxy groups -OCH3 is 1. The van der Waals surface area contributed by atoms with Gasteiger partial charge in [-0.2, -0.15) is 0 Å². The van der Waals surface area contributed by atoms with Crippen LogP contribution in [-0.2, 0) is 16.4 Å². The molecule has 0 bridgehead atoms. The molecular formula is C19H21NO3S. The first kappa shape index (κ1) is 16.7. The molecule has 0 fully saturated rings. The SMILES string of the molecule is COc1ccccc1C(C)NS(=O)(=O)C1=Cc2ccccc2CC1. The van der Waals surface area contributed by atoms with Gasteiger partial charge >= 0.3 is 0 Å². The van der Waals surface area contributed by atoms with Crippen molar-refractivity contribution in [1.29, 1.82) is 0 Å². The van der Waals surface area contributed by atoms with Gasteiger partial charge < -0.3 is 4.74 Å². The van der Waals surface area contributed by atoms with Crippen LogP contribution < -0.4 is 9.46 Å². The van der Waals surface area contributed by atoms with Crippen LogP contribution in [0.15, 0.2) is 53.4 Å². The lowest BCUT2D eigenvalue weighted by Gasteiger charge is -2.21. The van der Waals surface area contributed by atoms with Crippen molar-refractivity contribution in [2.75, 3.05) is 7.11 Å². The maximum Gasteiger partial charge on any atom is 0.237 e. The van der Waals surface area contributed by atoms with Crippen molar-refractivity contribution in [3.63, 3.8) is 0 Å². The molecule has 0 radical (unpaired) electrons. The van der Waals surface area contributed by atoms with Gasteiger partial charge in [0.25, 0.3) is 0 Å². The van der Waals surface area contributed by atoms with Gasteiger partial charge in [0.05, 0.1) is 12.0 Å². The van der Waals surface area contributed by atoms with Crippen molar-refractivity contribution in [2.45, 2.75) is 25.8 Å². The summed E-state index contributed by atoms with van der Waals surface area (Å²) < 4.78 is 33.6. The molecule has 4 nitrogen and oxygen atoms in total. The van der Waals surface area contributed by atoms with Crippen molar-refractivity contribution in [2.24, 2.45) is 0 Å². The maximum atomic E-state index is 12.8. The van der Waals surface area contributed by atoms with E-state index in [1.54, 1.807) is 13.2 Å². The Hall–Kier alpha value is -2.11. The Labute approximate surface area is 143 Å². The number of rotatable bonds is 5. The number of hydrogen-bond donors (Lipinski definition) is 1. The first-order valence-electron chi connectivity index (χ1n) is 7.95. The molecule has 0 heterocycles. The molecule has 0 saturated carbocycles. The molecule has 2 aromatic carbocycles. The van der Waals surface area contributed by atoms with Gasteiger partial charge in [-0.05, 0) is 43.0 Å². The number of aryl methyl sites for hydroxylation is 1. The average Bonchev–Trinajstić information content (AvgIpc) is 2.60. The summed E-state index contributed by atoms with van der Waals surface area (Å²) in [5.41, 5.74) is 2.99. The van der Waals surface area contributed by atoms with Crippen LogP contribution in [0.1, 0.15) is 36.1 Å². The highest BCUT2D eigenvalue weighted by Crippen LogP contribution is 2.29. The molecule has 126 valence electrons. The zero-order valence-corrected chi connectivity index (χ0v) is 14.6. The summed E-state index contributed by atoms with van der Waals surface area (Å²) in [6.07, 6.45) is 3.03. The number of para-hydroxylation sites is 1. The van der Waals surface area contributed by atoms with E-state index < -0.39 is 10.0 Å². The van der Waals surface area contributed by atoms with E-state index in [4.69, 9.17) is 4.74 Å². The summed E-state index contributed by atoms with van der Waals surface area (Å²) in [4.78, 5) is 0.433. The highest BCUT2D eigenvalue weighted by molar-refractivity contribution is 7.93. The van der Waals surface area contributed by atoms with E-state index in [0.717, 1.165) is 17.5 Å². The smallest absolute Gasteiger partial charge is 0.237 e. The topological polar surface area (TPSA) is 55.4 Å². The largest absolute Gasteiger partial charge is 0.496 e. The predicted octanol–water partition coefficient (Wildman–Crippen LogP) is 3.66. The molecule has 0 saturated heterocycles. The molecule has 1 unspecified atom stereocenters. The molecule has 3 rings (SSSR count). The highest BCUT2D eigenvalue weighted by Gasteiger charge is 2.24. The maximum absolute atomic E-state index is 12.8. The summed E-state index contributed by atoms with van der Waals surface area (Å²) in [6.45, 7) is 1.83. The Bertz CT molecular complexity index is 872. The molecule has 2 aromatic rings. The first-order valence-corrected chi connectivity index (χ1v) is 9.43. The Balaban J connectivity index is 1.86. The van der Waals surface area contributed by atoms with Gasteiger partial charge in [-0.3, -0.25) is 0 Å². The third-order valence-corrected chi connectivity index (χ3v) is 5.97. The summed E-state index contributed by atoms with van der Waals surface area (Å²) in [6, 6.07) is 15.0. The van der Waals surface area contributed by atoms with Crippen LogP contribution in [-0.4, -0.2) is 15.5 Å². The molecule has 0 amide bonds. The van der Waals surface area contributed by atoms with Crippen LogP contribution in [0, 0.1) is 0 Å². The number of benzene rings is 2. The van der Waals surface area contributed by atoms with Crippen LogP contribution in [0.3, 0.4) is 0 Å².